The van der Waals surface area contributed by atoms with Crippen LogP contribution in [0.3, 0.4) is 0 Å². The molecule has 0 spiro atoms. The first-order chi connectivity index (χ1) is 14.0. The standard InChI is InChI=1S/C21H20N2O5S/c1-3-28-17-7-5-4-6-16(17)22-13-23-19(24)18(29-21(23)26)12-14-8-10-15(11-9-14)20(25)27-2/h4-12,22H,3,13H2,1-2H3/b18-12+. The number of esters is 1. The lowest BCUT2D eigenvalue weighted by molar-refractivity contribution is -0.122. The highest BCUT2D eigenvalue weighted by Crippen LogP contribution is 2.32. The summed E-state index contributed by atoms with van der Waals surface area (Å²) in [6.45, 7) is 2.43. The van der Waals surface area contributed by atoms with Gasteiger partial charge < -0.3 is 14.8 Å². The van der Waals surface area contributed by atoms with Crippen molar-refractivity contribution in [2.75, 3.05) is 25.7 Å². The third kappa shape index (κ3) is 4.78. The SMILES string of the molecule is CCOc1ccccc1NCN1C(=O)S/C(=C/c2ccc(C(=O)OC)cc2)C1=O. The minimum atomic E-state index is -0.435. The largest absolute Gasteiger partial charge is 0.492 e. The summed E-state index contributed by atoms with van der Waals surface area (Å²) < 4.78 is 10.2. The van der Waals surface area contributed by atoms with Crippen molar-refractivity contribution in [3.8, 4) is 5.75 Å². The molecule has 1 fully saturated rings. The number of imide groups is 1. The van der Waals surface area contributed by atoms with E-state index in [1.54, 1.807) is 30.3 Å². The quantitative estimate of drug-likeness (QED) is 0.544. The van der Waals surface area contributed by atoms with Crippen LogP contribution in [0.4, 0.5) is 10.5 Å². The molecule has 2 amide bonds. The lowest BCUT2D eigenvalue weighted by Gasteiger charge is -2.16. The fourth-order valence-electron chi connectivity index (χ4n) is 2.68. The van der Waals surface area contributed by atoms with E-state index in [1.165, 1.54) is 7.11 Å². The second-order valence-electron chi connectivity index (χ2n) is 5.99. The number of para-hydroxylation sites is 2. The van der Waals surface area contributed by atoms with Crippen molar-refractivity contribution in [1.29, 1.82) is 0 Å². The smallest absolute Gasteiger partial charge is 0.337 e. The van der Waals surface area contributed by atoms with Crippen molar-refractivity contribution in [3.05, 3.63) is 64.6 Å². The number of rotatable bonds is 7. The van der Waals surface area contributed by atoms with Crippen LogP contribution in [0, 0.1) is 0 Å². The molecule has 1 aliphatic heterocycles. The molecule has 1 heterocycles. The Balaban J connectivity index is 1.69. The zero-order chi connectivity index (χ0) is 20.8. The number of nitrogens with zero attached hydrogens (tertiary/aromatic N) is 1. The topological polar surface area (TPSA) is 84.9 Å². The summed E-state index contributed by atoms with van der Waals surface area (Å²) in [5.41, 5.74) is 1.82. The molecule has 0 radical (unpaired) electrons. The number of carbonyl (C=O) groups excluding carboxylic acids is 3. The molecule has 8 heteroatoms. The normalized spacial score (nSPS) is 15.0. The molecule has 0 saturated carbocycles. The minimum absolute atomic E-state index is 0.0351. The van der Waals surface area contributed by atoms with Crippen LogP contribution < -0.4 is 10.1 Å². The predicted molar refractivity (Wildman–Crippen MR) is 112 cm³/mol. The van der Waals surface area contributed by atoms with Crippen molar-refractivity contribution >= 4 is 40.6 Å². The molecule has 29 heavy (non-hydrogen) atoms. The molecule has 150 valence electrons. The lowest BCUT2D eigenvalue weighted by Crippen LogP contribution is -2.33. The van der Waals surface area contributed by atoms with Gasteiger partial charge in [0, 0.05) is 0 Å². The van der Waals surface area contributed by atoms with Gasteiger partial charge in [0.2, 0.25) is 0 Å². The Hall–Kier alpha value is -3.26. The van der Waals surface area contributed by atoms with Crippen LogP contribution in [-0.2, 0) is 9.53 Å². The van der Waals surface area contributed by atoms with Crippen molar-refractivity contribution in [3.63, 3.8) is 0 Å². The molecule has 2 aromatic rings. The lowest BCUT2D eigenvalue weighted by atomic mass is 10.1. The number of hydrogen-bond donors (Lipinski definition) is 1. The van der Waals surface area contributed by atoms with Gasteiger partial charge in [-0.2, -0.15) is 0 Å². The second-order valence-corrected chi connectivity index (χ2v) is 6.98. The molecule has 2 aromatic carbocycles. The minimum Gasteiger partial charge on any atom is -0.492 e. The van der Waals surface area contributed by atoms with Crippen molar-refractivity contribution in [2.45, 2.75) is 6.92 Å². The van der Waals surface area contributed by atoms with Crippen LogP contribution in [0.1, 0.15) is 22.8 Å². The maximum absolute atomic E-state index is 12.6. The molecule has 1 saturated heterocycles. The van der Waals surface area contributed by atoms with Crippen LogP contribution in [-0.4, -0.2) is 42.4 Å². The van der Waals surface area contributed by atoms with Gasteiger partial charge in [0.15, 0.2) is 0 Å². The molecule has 0 bridgehead atoms. The zero-order valence-corrected chi connectivity index (χ0v) is 16.8. The van der Waals surface area contributed by atoms with E-state index >= 15 is 0 Å². The third-order valence-electron chi connectivity index (χ3n) is 4.12. The summed E-state index contributed by atoms with van der Waals surface area (Å²) in [5.74, 6) is -0.156. The number of carbonyl (C=O) groups is 3. The molecule has 7 nitrogen and oxygen atoms in total. The Bertz CT molecular complexity index is 956. The molecule has 3 rings (SSSR count). The zero-order valence-electron chi connectivity index (χ0n) is 16.0. The maximum Gasteiger partial charge on any atom is 0.337 e. The van der Waals surface area contributed by atoms with Gasteiger partial charge >= 0.3 is 5.97 Å². The van der Waals surface area contributed by atoms with Gasteiger partial charge in [0.05, 0.1) is 36.5 Å². The van der Waals surface area contributed by atoms with E-state index in [0.29, 0.717) is 34.1 Å². The molecule has 0 aromatic heterocycles. The number of benzene rings is 2. The summed E-state index contributed by atoms with van der Waals surface area (Å²) in [6, 6.07) is 13.9. The number of methoxy groups -OCH3 is 1. The predicted octanol–water partition coefficient (Wildman–Crippen LogP) is 3.98. The highest BCUT2D eigenvalue weighted by Gasteiger charge is 2.34. The Morgan fingerprint density at radius 3 is 2.55 bits per heavy atom. The molecule has 1 N–H and O–H groups in total. The number of thioether (sulfide) groups is 1. The summed E-state index contributed by atoms with van der Waals surface area (Å²) in [5, 5.41) is 2.73. The van der Waals surface area contributed by atoms with E-state index in [0.717, 1.165) is 16.7 Å². The summed E-state index contributed by atoms with van der Waals surface area (Å²) in [4.78, 5) is 37.9. The van der Waals surface area contributed by atoms with E-state index in [4.69, 9.17) is 4.74 Å². The summed E-state index contributed by atoms with van der Waals surface area (Å²) in [6.07, 6.45) is 1.63. The van der Waals surface area contributed by atoms with Gasteiger partial charge in [0.25, 0.3) is 11.1 Å². The maximum atomic E-state index is 12.6. The van der Waals surface area contributed by atoms with Crippen LogP contribution in [0.5, 0.6) is 5.75 Å². The van der Waals surface area contributed by atoms with Crippen molar-refractivity contribution in [1.82, 2.24) is 4.90 Å². The highest BCUT2D eigenvalue weighted by atomic mass is 32.2. The molecular formula is C21H20N2O5S. The number of amides is 2. The van der Waals surface area contributed by atoms with E-state index in [2.05, 4.69) is 10.1 Å². The molecule has 0 unspecified atom stereocenters. The molecule has 0 aliphatic carbocycles. The Kier molecular flexibility index (Phi) is 6.56. The summed E-state index contributed by atoms with van der Waals surface area (Å²) in [7, 11) is 1.31. The van der Waals surface area contributed by atoms with Gasteiger partial charge in [-0.3, -0.25) is 14.5 Å². The second kappa shape index (κ2) is 9.29. The van der Waals surface area contributed by atoms with Crippen molar-refractivity contribution in [2.24, 2.45) is 0 Å². The third-order valence-corrected chi connectivity index (χ3v) is 5.03. The molecule has 0 atom stereocenters. The first-order valence-corrected chi connectivity index (χ1v) is 9.74. The number of ether oxygens (including phenoxy) is 2. The Labute approximate surface area is 172 Å². The first kappa shape index (κ1) is 20.5. The Morgan fingerprint density at radius 2 is 1.86 bits per heavy atom. The highest BCUT2D eigenvalue weighted by molar-refractivity contribution is 8.18. The number of hydrogen-bond acceptors (Lipinski definition) is 7. The van der Waals surface area contributed by atoms with Crippen LogP contribution in [0.15, 0.2) is 53.4 Å². The van der Waals surface area contributed by atoms with Crippen LogP contribution in [0.2, 0.25) is 0 Å². The summed E-state index contributed by atoms with van der Waals surface area (Å²) >= 11 is 0.877. The molecule has 1 aliphatic rings. The average molecular weight is 412 g/mol. The fraction of sp³-hybridized carbons (Fsp3) is 0.190. The monoisotopic (exact) mass is 412 g/mol. The number of nitrogens with one attached hydrogen (secondary N) is 1. The van der Waals surface area contributed by atoms with Gasteiger partial charge in [0.1, 0.15) is 5.75 Å². The Morgan fingerprint density at radius 1 is 1.14 bits per heavy atom. The fourth-order valence-corrected chi connectivity index (χ4v) is 3.52. The van der Waals surface area contributed by atoms with E-state index in [9.17, 15) is 14.4 Å². The average Bonchev–Trinajstić information content (AvgIpc) is 3.00. The van der Waals surface area contributed by atoms with E-state index in [1.807, 2.05) is 31.2 Å². The molecular weight excluding hydrogens is 392 g/mol. The number of anilines is 1. The van der Waals surface area contributed by atoms with Gasteiger partial charge in [-0.25, -0.2) is 4.79 Å². The van der Waals surface area contributed by atoms with E-state index in [-0.39, 0.29) is 17.8 Å². The van der Waals surface area contributed by atoms with Gasteiger partial charge in [-0.15, -0.1) is 0 Å². The van der Waals surface area contributed by atoms with Gasteiger partial charge in [-0.1, -0.05) is 24.3 Å². The van der Waals surface area contributed by atoms with E-state index < -0.39 is 5.97 Å². The van der Waals surface area contributed by atoms with Crippen molar-refractivity contribution < 1.29 is 23.9 Å². The van der Waals surface area contributed by atoms with Crippen LogP contribution in [0.25, 0.3) is 6.08 Å². The van der Waals surface area contributed by atoms with Crippen LogP contribution >= 0.6 is 11.8 Å². The van der Waals surface area contributed by atoms with Gasteiger partial charge in [-0.05, 0) is 54.6 Å². The first-order valence-electron chi connectivity index (χ1n) is 8.93.